The summed E-state index contributed by atoms with van der Waals surface area (Å²) in [6.45, 7) is 5.73. The molecular weight excluding hydrogens is 338 g/mol. The molecule has 1 heterocycles. The Balaban J connectivity index is 1.74. The van der Waals surface area contributed by atoms with Crippen molar-refractivity contribution in [2.75, 3.05) is 33.2 Å². The van der Waals surface area contributed by atoms with Crippen LogP contribution in [0.25, 0.3) is 11.1 Å². The van der Waals surface area contributed by atoms with Crippen molar-refractivity contribution in [1.29, 1.82) is 0 Å². The smallest absolute Gasteiger partial charge is 0.253 e. The highest BCUT2D eigenvalue weighted by atomic mass is 16.2. The number of rotatable bonds is 5. The third-order valence-corrected chi connectivity index (χ3v) is 5.05. The van der Waals surface area contributed by atoms with Gasteiger partial charge in [0.2, 0.25) is 5.91 Å². The molecule has 1 aliphatic heterocycles. The summed E-state index contributed by atoms with van der Waals surface area (Å²) < 4.78 is 0. The van der Waals surface area contributed by atoms with Gasteiger partial charge in [0.05, 0.1) is 0 Å². The molecular formula is C22H27N3O2. The van der Waals surface area contributed by atoms with Gasteiger partial charge in [-0.25, -0.2) is 0 Å². The fourth-order valence-electron chi connectivity index (χ4n) is 3.26. The van der Waals surface area contributed by atoms with Gasteiger partial charge in [-0.05, 0) is 35.9 Å². The van der Waals surface area contributed by atoms with Crippen LogP contribution in [0.5, 0.6) is 0 Å². The Labute approximate surface area is 161 Å². The lowest BCUT2D eigenvalue weighted by atomic mass is 9.98. The number of carbonyl (C=O) groups excluding carboxylic acids is 2. The molecule has 0 atom stereocenters. The van der Waals surface area contributed by atoms with E-state index in [1.807, 2.05) is 60.4 Å². The van der Waals surface area contributed by atoms with Crippen LogP contribution in [-0.2, 0) is 11.3 Å². The van der Waals surface area contributed by atoms with Gasteiger partial charge in [0, 0.05) is 44.7 Å². The topological polar surface area (TPSA) is 52.7 Å². The fraction of sp³-hybridized carbons (Fsp3) is 0.364. The molecule has 0 spiro atoms. The Hall–Kier alpha value is -2.66. The third kappa shape index (κ3) is 4.74. The number of amides is 2. The first-order valence-electron chi connectivity index (χ1n) is 9.51. The lowest BCUT2D eigenvalue weighted by Gasteiger charge is -2.32. The Morgan fingerprint density at radius 2 is 1.63 bits per heavy atom. The molecule has 5 heteroatoms. The van der Waals surface area contributed by atoms with Crippen molar-refractivity contribution in [3.8, 4) is 11.1 Å². The minimum absolute atomic E-state index is 0.0397. The predicted octanol–water partition coefficient (Wildman–Crippen LogP) is 2.77. The van der Waals surface area contributed by atoms with E-state index < -0.39 is 0 Å². The van der Waals surface area contributed by atoms with Gasteiger partial charge in [-0.3, -0.25) is 9.59 Å². The average molecular weight is 365 g/mol. The molecule has 2 amide bonds. The number of piperazine rings is 1. The van der Waals surface area contributed by atoms with Crippen molar-refractivity contribution < 1.29 is 9.59 Å². The summed E-state index contributed by atoms with van der Waals surface area (Å²) in [6, 6.07) is 15.8. The summed E-state index contributed by atoms with van der Waals surface area (Å²) in [4.78, 5) is 28.4. The Morgan fingerprint density at radius 1 is 0.963 bits per heavy atom. The first-order chi connectivity index (χ1) is 13.1. The van der Waals surface area contributed by atoms with Crippen molar-refractivity contribution >= 4 is 11.8 Å². The predicted molar refractivity (Wildman–Crippen MR) is 107 cm³/mol. The van der Waals surface area contributed by atoms with E-state index in [9.17, 15) is 9.59 Å². The molecule has 142 valence electrons. The summed E-state index contributed by atoms with van der Waals surface area (Å²) >= 11 is 0. The van der Waals surface area contributed by atoms with Crippen LogP contribution in [0.1, 0.15) is 29.3 Å². The Morgan fingerprint density at radius 3 is 2.30 bits per heavy atom. The maximum absolute atomic E-state index is 12.7. The molecule has 0 unspecified atom stereocenters. The summed E-state index contributed by atoms with van der Waals surface area (Å²) in [6.07, 6.45) is 0.477. The molecule has 0 aromatic heterocycles. The molecule has 1 saturated heterocycles. The summed E-state index contributed by atoms with van der Waals surface area (Å²) in [5.41, 5.74) is 3.91. The molecule has 0 saturated carbocycles. The fourth-order valence-corrected chi connectivity index (χ4v) is 3.26. The zero-order chi connectivity index (χ0) is 19.2. The van der Waals surface area contributed by atoms with Gasteiger partial charge >= 0.3 is 0 Å². The normalized spacial score (nSPS) is 14.8. The van der Waals surface area contributed by atoms with E-state index in [1.165, 1.54) is 0 Å². The van der Waals surface area contributed by atoms with Gasteiger partial charge in [0.1, 0.15) is 0 Å². The van der Waals surface area contributed by atoms with Gasteiger partial charge in [-0.2, -0.15) is 0 Å². The van der Waals surface area contributed by atoms with Gasteiger partial charge in [0.15, 0.2) is 0 Å². The largest absolute Gasteiger partial charge is 0.352 e. The molecule has 3 rings (SSSR count). The molecule has 2 aromatic carbocycles. The van der Waals surface area contributed by atoms with Crippen LogP contribution in [0, 0.1) is 0 Å². The van der Waals surface area contributed by atoms with Gasteiger partial charge in [0.25, 0.3) is 5.91 Å². The number of hydrogen-bond donors (Lipinski definition) is 1. The van der Waals surface area contributed by atoms with Crippen LogP contribution >= 0.6 is 0 Å². The minimum Gasteiger partial charge on any atom is -0.352 e. The van der Waals surface area contributed by atoms with Crippen LogP contribution in [0.2, 0.25) is 0 Å². The SMILES string of the molecule is CCC(=O)NCc1ccccc1-c1ccc(C(=O)N2CCN(C)CC2)cc1. The lowest BCUT2D eigenvalue weighted by molar-refractivity contribution is -0.120. The third-order valence-electron chi connectivity index (χ3n) is 5.05. The second-order valence-corrected chi connectivity index (χ2v) is 6.96. The molecule has 0 aliphatic carbocycles. The van der Waals surface area contributed by atoms with E-state index in [-0.39, 0.29) is 11.8 Å². The zero-order valence-electron chi connectivity index (χ0n) is 16.1. The number of nitrogens with one attached hydrogen (secondary N) is 1. The van der Waals surface area contributed by atoms with E-state index in [0.717, 1.165) is 48.4 Å². The van der Waals surface area contributed by atoms with E-state index >= 15 is 0 Å². The standard InChI is InChI=1S/C22H27N3O2/c1-3-21(26)23-16-19-6-4-5-7-20(19)17-8-10-18(11-9-17)22(27)25-14-12-24(2)13-15-25/h4-11H,3,12-16H2,1-2H3,(H,23,26). The minimum atomic E-state index is 0.0397. The molecule has 2 aromatic rings. The maximum Gasteiger partial charge on any atom is 0.253 e. The Bertz CT molecular complexity index is 793. The average Bonchev–Trinajstić information content (AvgIpc) is 2.72. The van der Waals surface area contributed by atoms with Crippen LogP contribution in [0.4, 0.5) is 0 Å². The number of hydrogen-bond acceptors (Lipinski definition) is 3. The highest BCUT2D eigenvalue weighted by molar-refractivity contribution is 5.94. The van der Waals surface area contributed by atoms with Gasteiger partial charge < -0.3 is 15.1 Å². The van der Waals surface area contributed by atoms with Crippen LogP contribution < -0.4 is 5.32 Å². The van der Waals surface area contributed by atoms with Crippen molar-refractivity contribution in [3.63, 3.8) is 0 Å². The molecule has 1 fully saturated rings. The Kier molecular flexibility index (Phi) is 6.24. The first kappa shape index (κ1) is 19.1. The molecule has 27 heavy (non-hydrogen) atoms. The van der Waals surface area contributed by atoms with Crippen LogP contribution in [0.3, 0.4) is 0 Å². The lowest BCUT2D eigenvalue weighted by Crippen LogP contribution is -2.47. The van der Waals surface area contributed by atoms with E-state index in [0.29, 0.717) is 13.0 Å². The van der Waals surface area contributed by atoms with E-state index in [2.05, 4.69) is 17.3 Å². The molecule has 0 bridgehead atoms. The number of carbonyl (C=O) groups is 2. The summed E-state index contributed by atoms with van der Waals surface area (Å²) in [5, 5.41) is 2.93. The van der Waals surface area contributed by atoms with Gasteiger partial charge in [-0.15, -0.1) is 0 Å². The highest BCUT2D eigenvalue weighted by Gasteiger charge is 2.20. The zero-order valence-corrected chi connectivity index (χ0v) is 16.1. The van der Waals surface area contributed by atoms with Crippen molar-refractivity contribution in [2.24, 2.45) is 0 Å². The summed E-state index contributed by atoms with van der Waals surface area (Å²) in [5.74, 6) is 0.135. The second kappa shape index (κ2) is 8.82. The van der Waals surface area contributed by atoms with Gasteiger partial charge in [-0.1, -0.05) is 43.3 Å². The second-order valence-electron chi connectivity index (χ2n) is 6.96. The van der Waals surface area contributed by atoms with Crippen molar-refractivity contribution in [3.05, 3.63) is 59.7 Å². The van der Waals surface area contributed by atoms with Crippen molar-refractivity contribution in [2.45, 2.75) is 19.9 Å². The van der Waals surface area contributed by atoms with Crippen LogP contribution in [0.15, 0.2) is 48.5 Å². The number of nitrogens with zero attached hydrogens (tertiary/aromatic N) is 2. The highest BCUT2D eigenvalue weighted by Crippen LogP contribution is 2.24. The number of benzene rings is 2. The quantitative estimate of drug-likeness (QED) is 0.886. The summed E-state index contributed by atoms with van der Waals surface area (Å²) in [7, 11) is 2.08. The molecule has 0 radical (unpaired) electrons. The first-order valence-corrected chi connectivity index (χ1v) is 9.51. The molecule has 1 aliphatic rings. The maximum atomic E-state index is 12.7. The van der Waals surface area contributed by atoms with E-state index in [4.69, 9.17) is 0 Å². The van der Waals surface area contributed by atoms with E-state index in [1.54, 1.807) is 0 Å². The number of likely N-dealkylation sites (N-methyl/N-ethyl adjacent to an activating group) is 1. The molecule has 1 N–H and O–H groups in total. The van der Waals surface area contributed by atoms with Crippen molar-refractivity contribution in [1.82, 2.24) is 15.1 Å². The monoisotopic (exact) mass is 365 g/mol. The molecule has 5 nitrogen and oxygen atoms in total. The van der Waals surface area contributed by atoms with Crippen LogP contribution in [-0.4, -0.2) is 54.8 Å².